The zero-order valence-electron chi connectivity index (χ0n) is 24.9. The molecular weight excluding hydrogens is 526 g/mol. The van der Waals surface area contributed by atoms with Gasteiger partial charge in [-0.05, 0) is 46.4 Å². The van der Waals surface area contributed by atoms with E-state index in [1.165, 1.54) is 57.8 Å². The summed E-state index contributed by atoms with van der Waals surface area (Å²) in [6, 6.07) is 22.5. The van der Waals surface area contributed by atoms with E-state index < -0.39 is 18.1 Å². The van der Waals surface area contributed by atoms with Crippen LogP contribution in [-0.2, 0) is 16.0 Å². The molecule has 0 heterocycles. The molecule has 3 aromatic rings. The highest BCUT2D eigenvalue weighted by molar-refractivity contribution is 5.81. The summed E-state index contributed by atoms with van der Waals surface area (Å²) in [7, 11) is 0. The fourth-order valence-electron chi connectivity index (χ4n) is 5.72. The lowest BCUT2D eigenvalue weighted by molar-refractivity contribution is -0.139. The number of carboxylic acid groups (broad SMARTS) is 1. The Kier molecular flexibility index (Phi) is 12.3. The number of ether oxygens (including phenoxy) is 2. The number of aliphatic carboxylic acids is 1. The van der Waals surface area contributed by atoms with Crippen LogP contribution in [0.15, 0.2) is 72.8 Å². The van der Waals surface area contributed by atoms with Crippen LogP contribution in [0.2, 0.25) is 0 Å². The summed E-state index contributed by atoms with van der Waals surface area (Å²) in [5.41, 5.74) is 5.30. The molecule has 2 N–H and O–H groups in total. The number of hydrogen-bond donors (Lipinski definition) is 2. The first-order chi connectivity index (χ1) is 20.6. The summed E-state index contributed by atoms with van der Waals surface area (Å²) in [4.78, 5) is 24.6. The third kappa shape index (κ3) is 9.10. The first kappa shape index (κ1) is 31.1. The molecule has 1 atom stereocenters. The Morgan fingerprint density at radius 2 is 1.31 bits per heavy atom. The normalized spacial score (nSPS) is 12.8. The van der Waals surface area contributed by atoms with Crippen LogP contribution in [0, 0.1) is 0 Å². The molecule has 6 nitrogen and oxygen atoms in total. The van der Waals surface area contributed by atoms with Gasteiger partial charge in [0.1, 0.15) is 18.4 Å². The van der Waals surface area contributed by atoms with Crippen LogP contribution in [-0.4, -0.2) is 36.4 Å². The van der Waals surface area contributed by atoms with Crippen molar-refractivity contribution in [3.05, 3.63) is 89.5 Å². The number of carbonyl (C=O) groups is 2. The number of alkyl carbamates (subject to hydrolysis) is 1. The third-order valence-electron chi connectivity index (χ3n) is 8.06. The molecule has 0 aliphatic heterocycles. The molecule has 0 bridgehead atoms. The second kappa shape index (κ2) is 16.6. The van der Waals surface area contributed by atoms with E-state index in [1.54, 1.807) is 0 Å². The molecular formula is C36H45NO5. The zero-order chi connectivity index (χ0) is 29.6. The maximum Gasteiger partial charge on any atom is 0.407 e. The van der Waals surface area contributed by atoms with E-state index in [0.29, 0.717) is 6.61 Å². The van der Waals surface area contributed by atoms with Gasteiger partial charge in [-0.25, -0.2) is 9.59 Å². The van der Waals surface area contributed by atoms with E-state index >= 15 is 0 Å². The average Bonchev–Trinajstić information content (AvgIpc) is 3.33. The summed E-state index contributed by atoms with van der Waals surface area (Å²) < 4.78 is 11.4. The van der Waals surface area contributed by atoms with Crippen molar-refractivity contribution in [2.24, 2.45) is 0 Å². The van der Waals surface area contributed by atoms with Crippen LogP contribution in [0.5, 0.6) is 5.75 Å². The van der Waals surface area contributed by atoms with Gasteiger partial charge < -0.3 is 19.9 Å². The Bertz CT molecular complexity index is 1230. The highest BCUT2D eigenvalue weighted by Crippen LogP contribution is 2.44. The van der Waals surface area contributed by atoms with E-state index in [1.807, 2.05) is 60.7 Å². The molecule has 0 spiro atoms. The maximum absolute atomic E-state index is 12.6. The topological polar surface area (TPSA) is 84.9 Å². The molecule has 0 radical (unpaired) electrons. The SMILES string of the molecule is CCCCCCCCCCCCOc1ccc(C[C@H](NC(=O)OCC2c3ccccc3-c3ccccc32)C(=O)O)cc1. The van der Waals surface area contributed by atoms with Crippen molar-refractivity contribution < 1.29 is 24.2 Å². The van der Waals surface area contributed by atoms with Gasteiger partial charge in [-0.15, -0.1) is 0 Å². The van der Waals surface area contributed by atoms with Crippen LogP contribution >= 0.6 is 0 Å². The third-order valence-corrected chi connectivity index (χ3v) is 8.06. The van der Waals surface area contributed by atoms with Gasteiger partial charge in [0.25, 0.3) is 0 Å². The van der Waals surface area contributed by atoms with Gasteiger partial charge in [0, 0.05) is 12.3 Å². The van der Waals surface area contributed by atoms with Gasteiger partial charge in [0.15, 0.2) is 0 Å². The van der Waals surface area contributed by atoms with Crippen molar-refractivity contribution in [2.45, 2.75) is 89.5 Å². The van der Waals surface area contributed by atoms with Crippen molar-refractivity contribution in [1.82, 2.24) is 5.32 Å². The van der Waals surface area contributed by atoms with E-state index in [2.05, 4.69) is 24.4 Å². The van der Waals surface area contributed by atoms with Crippen LogP contribution in [0.1, 0.15) is 93.7 Å². The number of unbranched alkanes of at least 4 members (excludes halogenated alkanes) is 9. The molecule has 0 saturated heterocycles. The standard InChI is InChI=1S/C36H45NO5/c1-2-3-4-5-6-7-8-9-10-15-24-41-28-22-20-27(21-23-28)25-34(35(38)39)37-36(40)42-26-33-31-18-13-11-16-29(31)30-17-12-14-19-32(30)33/h11-14,16-23,33-34H,2-10,15,24-26H2,1H3,(H,37,40)(H,38,39)/t34-/m0/s1. The molecule has 6 heteroatoms. The quantitative estimate of drug-likeness (QED) is 0.150. The van der Waals surface area contributed by atoms with Crippen molar-refractivity contribution in [2.75, 3.05) is 13.2 Å². The number of rotatable bonds is 18. The number of hydrogen-bond acceptors (Lipinski definition) is 4. The van der Waals surface area contributed by atoms with Gasteiger partial charge in [0.2, 0.25) is 0 Å². The molecule has 224 valence electrons. The van der Waals surface area contributed by atoms with Gasteiger partial charge in [-0.3, -0.25) is 0 Å². The molecule has 1 aliphatic carbocycles. The second-order valence-corrected chi connectivity index (χ2v) is 11.2. The number of carbonyl (C=O) groups excluding carboxylic acids is 1. The summed E-state index contributed by atoms with van der Waals surface area (Å²) in [6.07, 6.45) is 12.3. The Labute approximate surface area is 250 Å². The van der Waals surface area contributed by atoms with Crippen LogP contribution in [0.4, 0.5) is 4.79 Å². The molecule has 0 fully saturated rings. The first-order valence-electron chi connectivity index (χ1n) is 15.6. The Morgan fingerprint density at radius 3 is 1.88 bits per heavy atom. The summed E-state index contributed by atoms with van der Waals surface area (Å²) in [5.74, 6) is -0.421. The molecule has 1 aliphatic rings. The van der Waals surface area contributed by atoms with E-state index in [4.69, 9.17) is 9.47 Å². The minimum atomic E-state index is -1.11. The number of nitrogens with one attached hydrogen (secondary N) is 1. The predicted molar refractivity (Wildman–Crippen MR) is 167 cm³/mol. The lowest BCUT2D eigenvalue weighted by atomic mass is 9.98. The number of fused-ring (bicyclic) bond motifs is 3. The minimum absolute atomic E-state index is 0.0840. The smallest absolute Gasteiger partial charge is 0.407 e. The molecule has 0 unspecified atom stereocenters. The Balaban J connectivity index is 1.17. The summed E-state index contributed by atoms with van der Waals surface area (Å²) in [5, 5.41) is 12.3. The number of benzene rings is 3. The molecule has 4 rings (SSSR count). The van der Waals surface area contributed by atoms with Crippen molar-refractivity contribution >= 4 is 12.1 Å². The van der Waals surface area contributed by atoms with Crippen LogP contribution < -0.4 is 10.1 Å². The van der Waals surface area contributed by atoms with Crippen LogP contribution in [0.3, 0.4) is 0 Å². The second-order valence-electron chi connectivity index (χ2n) is 11.2. The lowest BCUT2D eigenvalue weighted by Gasteiger charge is -2.17. The molecule has 42 heavy (non-hydrogen) atoms. The van der Waals surface area contributed by atoms with E-state index in [-0.39, 0.29) is 18.9 Å². The fraction of sp³-hybridized carbons (Fsp3) is 0.444. The monoisotopic (exact) mass is 571 g/mol. The largest absolute Gasteiger partial charge is 0.494 e. The Hall–Kier alpha value is -3.80. The van der Waals surface area contributed by atoms with Crippen molar-refractivity contribution in [3.8, 4) is 16.9 Å². The lowest BCUT2D eigenvalue weighted by Crippen LogP contribution is -2.42. The van der Waals surface area contributed by atoms with Gasteiger partial charge in [-0.1, -0.05) is 125 Å². The Morgan fingerprint density at radius 1 is 0.762 bits per heavy atom. The highest BCUT2D eigenvalue weighted by atomic mass is 16.5. The van der Waals surface area contributed by atoms with Crippen LogP contribution in [0.25, 0.3) is 11.1 Å². The number of amides is 1. The fourth-order valence-corrected chi connectivity index (χ4v) is 5.72. The first-order valence-corrected chi connectivity index (χ1v) is 15.6. The number of carboxylic acids is 1. The molecule has 1 amide bonds. The van der Waals surface area contributed by atoms with Gasteiger partial charge in [-0.2, -0.15) is 0 Å². The van der Waals surface area contributed by atoms with E-state index in [9.17, 15) is 14.7 Å². The molecule has 3 aromatic carbocycles. The maximum atomic E-state index is 12.6. The van der Waals surface area contributed by atoms with Gasteiger partial charge >= 0.3 is 12.1 Å². The molecule has 0 saturated carbocycles. The zero-order valence-corrected chi connectivity index (χ0v) is 24.9. The molecule has 0 aromatic heterocycles. The predicted octanol–water partition coefficient (Wildman–Crippen LogP) is 8.52. The average molecular weight is 572 g/mol. The van der Waals surface area contributed by atoms with Crippen molar-refractivity contribution in [3.63, 3.8) is 0 Å². The summed E-state index contributed by atoms with van der Waals surface area (Å²) >= 11 is 0. The summed E-state index contributed by atoms with van der Waals surface area (Å²) in [6.45, 7) is 3.06. The van der Waals surface area contributed by atoms with E-state index in [0.717, 1.165) is 40.0 Å². The van der Waals surface area contributed by atoms with Crippen molar-refractivity contribution in [1.29, 1.82) is 0 Å². The highest BCUT2D eigenvalue weighted by Gasteiger charge is 2.29. The minimum Gasteiger partial charge on any atom is -0.494 e. The van der Waals surface area contributed by atoms with Gasteiger partial charge in [0.05, 0.1) is 6.61 Å².